The summed E-state index contributed by atoms with van der Waals surface area (Å²) < 4.78 is 18.0. The van der Waals surface area contributed by atoms with Crippen molar-refractivity contribution in [2.24, 2.45) is 5.92 Å². The molecular weight excluding hydrogens is 675 g/mol. The van der Waals surface area contributed by atoms with Crippen molar-refractivity contribution in [2.75, 3.05) is 43.2 Å². The highest BCUT2D eigenvalue weighted by Crippen LogP contribution is 2.61. The Bertz CT molecular complexity index is 1940. The highest BCUT2D eigenvalue weighted by Gasteiger charge is 2.67. The second-order valence-electron chi connectivity index (χ2n) is 14.3. The van der Waals surface area contributed by atoms with E-state index in [-0.39, 0.29) is 49.5 Å². The standard InChI is InChI=1S/C41H45N3O7Si/c1-28-38(52(3,4)33-18-16-32(49-2)17-19-33)36(26-37(46)42(21-23-45)27-29-11-7-5-8-12-29)51-41(28)34-25-31(43-22-24-50-40(43)48)15-20-35(34)44(39(41)47)30-13-9-6-10-14-30/h5-20,25,28,36,38,45H,21-24,26-27H2,1-4H3/t28-,36+,38-,41+/m0/s1. The van der Waals surface area contributed by atoms with E-state index in [1.165, 1.54) is 0 Å². The number of fused-ring (bicyclic) bond motifs is 2. The summed E-state index contributed by atoms with van der Waals surface area (Å²) in [7, 11) is -0.914. The van der Waals surface area contributed by atoms with E-state index in [1.807, 2.05) is 91.0 Å². The zero-order valence-electron chi connectivity index (χ0n) is 30.0. The Morgan fingerprint density at radius 1 is 0.962 bits per heavy atom. The number of nitrogens with zero attached hydrogens (tertiary/aromatic N) is 3. The number of aliphatic hydroxyl groups is 1. The molecule has 3 heterocycles. The van der Waals surface area contributed by atoms with Crippen molar-refractivity contribution in [3.8, 4) is 5.75 Å². The van der Waals surface area contributed by atoms with E-state index < -0.39 is 25.9 Å². The van der Waals surface area contributed by atoms with Crippen LogP contribution in [0.4, 0.5) is 21.9 Å². The molecule has 3 aliphatic heterocycles. The zero-order valence-corrected chi connectivity index (χ0v) is 31.0. The van der Waals surface area contributed by atoms with Gasteiger partial charge in [0.1, 0.15) is 12.4 Å². The van der Waals surface area contributed by atoms with Crippen LogP contribution in [0.15, 0.2) is 103 Å². The lowest BCUT2D eigenvalue weighted by Gasteiger charge is -2.37. The minimum Gasteiger partial charge on any atom is -0.497 e. The summed E-state index contributed by atoms with van der Waals surface area (Å²) in [5.41, 5.74) is 2.00. The van der Waals surface area contributed by atoms with Crippen LogP contribution in [-0.4, -0.2) is 75.5 Å². The largest absolute Gasteiger partial charge is 0.497 e. The highest BCUT2D eigenvalue weighted by molar-refractivity contribution is 6.91. The number of carbonyl (C=O) groups excluding carboxylic acids is 3. The third-order valence-electron chi connectivity index (χ3n) is 11.1. The Hall–Kier alpha value is -4.97. The maximum Gasteiger partial charge on any atom is 0.414 e. The van der Waals surface area contributed by atoms with Crippen molar-refractivity contribution < 1.29 is 33.7 Å². The predicted octanol–water partition coefficient (Wildman–Crippen LogP) is 5.96. The third-order valence-corrected chi connectivity index (χ3v) is 15.5. The number of para-hydroxylation sites is 1. The molecule has 3 amide bonds. The van der Waals surface area contributed by atoms with Gasteiger partial charge in [-0.3, -0.25) is 19.4 Å². The number of rotatable bonds is 11. The second kappa shape index (κ2) is 14.2. The maximum atomic E-state index is 15.3. The number of cyclic esters (lactones) is 1. The van der Waals surface area contributed by atoms with Gasteiger partial charge in [-0.25, -0.2) is 4.79 Å². The molecule has 0 unspecified atom stereocenters. The van der Waals surface area contributed by atoms with Gasteiger partial charge in [-0.1, -0.05) is 85.9 Å². The molecule has 2 fully saturated rings. The lowest BCUT2D eigenvalue weighted by molar-refractivity contribution is -0.149. The van der Waals surface area contributed by atoms with Gasteiger partial charge in [-0.15, -0.1) is 0 Å². The summed E-state index contributed by atoms with van der Waals surface area (Å²) in [6.07, 6.45) is -1.03. The van der Waals surface area contributed by atoms with Crippen LogP contribution in [0.5, 0.6) is 5.75 Å². The van der Waals surface area contributed by atoms with Crippen molar-refractivity contribution in [1.82, 2.24) is 4.90 Å². The van der Waals surface area contributed by atoms with Crippen LogP contribution in [0.3, 0.4) is 0 Å². The average molecular weight is 720 g/mol. The van der Waals surface area contributed by atoms with E-state index >= 15 is 4.79 Å². The fourth-order valence-electron chi connectivity index (χ4n) is 8.57. The van der Waals surface area contributed by atoms with Gasteiger partial charge >= 0.3 is 6.09 Å². The van der Waals surface area contributed by atoms with Gasteiger partial charge in [0.05, 0.1) is 46.5 Å². The first kappa shape index (κ1) is 35.4. The zero-order chi connectivity index (χ0) is 36.6. The summed E-state index contributed by atoms with van der Waals surface area (Å²) in [5.74, 6) is 0.00350. The molecule has 0 aromatic heterocycles. The Kier molecular flexibility index (Phi) is 9.68. The van der Waals surface area contributed by atoms with Gasteiger partial charge < -0.3 is 24.2 Å². The fraction of sp³-hybridized carbons (Fsp3) is 0.341. The number of carbonyl (C=O) groups is 3. The minimum atomic E-state index is -2.55. The molecular formula is C41H45N3O7Si. The summed E-state index contributed by atoms with van der Waals surface area (Å²) >= 11 is 0. The first-order valence-electron chi connectivity index (χ1n) is 17.8. The third kappa shape index (κ3) is 6.06. The minimum absolute atomic E-state index is 0.0300. The number of hydrogen-bond donors (Lipinski definition) is 1. The lowest BCUT2D eigenvalue weighted by atomic mass is 9.82. The number of hydrogen-bond acceptors (Lipinski definition) is 7. The number of ether oxygens (including phenoxy) is 3. The average Bonchev–Trinajstić information content (AvgIpc) is 3.80. The van der Waals surface area contributed by atoms with Crippen molar-refractivity contribution in [2.45, 2.75) is 50.2 Å². The summed E-state index contributed by atoms with van der Waals surface area (Å²) in [5, 5.41) is 11.2. The Labute approximate surface area is 305 Å². The monoisotopic (exact) mass is 719 g/mol. The normalized spacial score (nSPS) is 22.5. The van der Waals surface area contributed by atoms with Gasteiger partial charge in [0.15, 0.2) is 5.60 Å². The number of methoxy groups -OCH3 is 1. The van der Waals surface area contributed by atoms with Crippen molar-refractivity contribution in [3.05, 3.63) is 114 Å². The van der Waals surface area contributed by atoms with Crippen LogP contribution >= 0.6 is 0 Å². The van der Waals surface area contributed by atoms with Crippen LogP contribution in [0.25, 0.3) is 0 Å². The van der Waals surface area contributed by atoms with Crippen molar-refractivity contribution in [1.29, 1.82) is 0 Å². The van der Waals surface area contributed by atoms with Crippen molar-refractivity contribution in [3.63, 3.8) is 0 Å². The lowest BCUT2D eigenvalue weighted by Crippen LogP contribution is -2.52. The molecule has 0 bridgehead atoms. The number of benzene rings is 4. The Morgan fingerprint density at radius 2 is 1.65 bits per heavy atom. The van der Waals surface area contributed by atoms with E-state index in [0.29, 0.717) is 35.7 Å². The van der Waals surface area contributed by atoms with Gasteiger partial charge in [0, 0.05) is 35.9 Å². The summed E-state index contributed by atoms with van der Waals surface area (Å²) in [4.78, 5) is 47.3. The van der Waals surface area contributed by atoms with Crippen LogP contribution in [0.2, 0.25) is 18.6 Å². The number of anilines is 3. The molecule has 4 aromatic carbocycles. The van der Waals surface area contributed by atoms with Crippen LogP contribution in [0.1, 0.15) is 24.5 Å². The molecule has 270 valence electrons. The van der Waals surface area contributed by atoms with Gasteiger partial charge in [0.2, 0.25) is 5.91 Å². The molecule has 52 heavy (non-hydrogen) atoms. The number of amides is 3. The molecule has 2 saturated heterocycles. The van der Waals surface area contributed by atoms with Crippen LogP contribution in [-0.2, 0) is 31.2 Å². The van der Waals surface area contributed by atoms with Crippen molar-refractivity contribution >= 4 is 48.2 Å². The molecule has 4 atom stereocenters. The molecule has 11 heteroatoms. The molecule has 7 rings (SSSR count). The first-order chi connectivity index (χ1) is 25.1. The predicted molar refractivity (Wildman–Crippen MR) is 202 cm³/mol. The van der Waals surface area contributed by atoms with E-state index in [1.54, 1.807) is 21.8 Å². The maximum absolute atomic E-state index is 15.3. The Morgan fingerprint density at radius 3 is 2.29 bits per heavy atom. The molecule has 0 saturated carbocycles. The van der Waals surface area contributed by atoms with Gasteiger partial charge in [-0.2, -0.15) is 0 Å². The molecule has 1 spiro atoms. The molecule has 0 radical (unpaired) electrons. The fourth-order valence-corrected chi connectivity index (χ4v) is 12.6. The van der Waals surface area contributed by atoms with Gasteiger partial charge in [-0.05, 0) is 53.6 Å². The molecule has 1 N–H and O–H groups in total. The highest BCUT2D eigenvalue weighted by atomic mass is 28.3. The summed E-state index contributed by atoms with van der Waals surface area (Å²) in [6.45, 7) is 7.64. The van der Waals surface area contributed by atoms with E-state index in [0.717, 1.165) is 16.5 Å². The first-order valence-corrected chi connectivity index (χ1v) is 20.9. The van der Waals surface area contributed by atoms with Crippen LogP contribution in [0, 0.1) is 5.92 Å². The SMILES string of the molecule is COc1ccc([Si](C)(C)[C@@H]2[C@@H](CC(=O)N(CCO)Cc3ccccc3)O[C@]3(C(=O)N(c4ccccc4)c4ccc(N5CCOC5=O)cc43)[C@H]2C)cc1. The van der Waals surface area contributed by atoms with Crippen LogP contribution < -0.4 is 19.7 Å². The van der Waals surface area contributed by atoms with E-state index in [2.05, 4.69) is 32.2 Å². The quantitative estimate of drug-likeness (QED) is 0.191. The second-order valence-corrected chi connectivity index (χ2v) is 19.0. The van der Waals surface area contributed by atoms with E-state index in [9.17, 15) is 14.7 Å². The Balaban J connectivity index is 1.35. The molecule has 4 aromatic rings. The smallest absolute Gasteiger partial charge is 0.414 e. The topological polar surface area (TPSA) is 109 Å². The summed E-state index contributed by atoms with van der Waals surface area (Å²) in [6, 6.07) is 32.9. The van der Waals surface area contributed by atoms with Gasteiger partial charge in [0.25, 0.3) is 5.91 Å². The van der Waals surface area contributed by atoms with E-state index in [4.69, 9.17) is 14.2 Å². The molecule has 3 aliphatic rings. The number of aliphatic hydroxyl groups excluding tert-OH is 1. The molecule has 0 aliphatic carbocycles. The molecule has 10 nitrogen and oxygen atoms in total.